The Labute approximate surface area is 121 Å². The molecule has 0 bridgehead atoms. The van der Waals surface area contributed by atoms with Crippen molar-refractivity contribution in [2.75, 3.05) is 0 Å². The predicted molar refractivity (Wildman–Crippen MR) is 71.3 cm³/mol. The molecule has 1 aromatic carbocycles. The summed E-state index contributed by atoms with van der Waals surface area (Å²) in [6.07, 6.45) is -3.38. The number of benzene rings is 1. The van der Waals surface area contributed by atoms with E-state index in [9.17, 15) is 13.2 Å². The summed E-state index contributed by atoms with van der Waals surface area (Å²) in [7, 11) is 0. The molecule has 2 rings (SSSR count). The van der Waals surface area contributed by atoms with Gasteiger partial charge in [0.2, 0.25) is 5.88 Å². The highest BCUT2D eigenvalue weighted by atomic mass is 79.9. The van der Waals surface area contributed by atoms with E-state index in [2.05, 4.69) is 20.9 Å². The Balaban J connectivity index is 2.31. The SMILES string of the molecule is NCc1cc(Br)ccc1Oc1cc(C(F)(F)F)ccn1. The van der Waals surface area contributed by atoms with Crippen LogP contribution < -0.4 is 10.5 Å². The molecule has 1 aromatic heterocycles. The van der Waals surface area contributed by atoms with E-state index in [1.54, 1.807) is 18.2 Å². The normalized spacial score (nSPS) is 11.4. The topological polar surface area (TPSA) is 48.1 Å². The molecule has 20 heavy (non-hydrogen) atoms. The molecule has 0 spiro atoms. The van der Waals surface area contributed by atoms with E-state index in [0.717, 1.165) is 22.8 Å². The maximum atomic E-state index is 12.6. The zero-order chi connectivity index (χ0) is 14.8. The Morgan fingerprint density at radius 2 is 1.95 bits per heavy atom. The van der Waals surface area contributed by atoms with Crippen LogP contribution in [0.1, 0.15) is 11.1 Å². The van der Waals surface area contributed by atoms with E-state index in [1.165, 1.54) is 0 Å². The molecule has 3 nitrogen and oxygen atoms in total. The van der Waals surface area contributed by atoms with Gasteiger partial charge in [-0.05, 0) is 24.3 Å². The highest BCUT2D eigenvalue weighted by molar-refractivity contribution is 9.10. The number of nitrogens with two attached hydrogens (primary N) is 1. The Morgan fingerprint density at radius 3 is 2.60 bits per heavy atom. The average Bonchev–Trinajstić information content (AvgIpc) is 2.40. The summed E-state index contributed by atoms with van der Waals surface area (Å²) in [5.41, 5.74) is 5.43. The summed E-state index contributed by atoms with van der Waals surface area (Å²) in [5, 5.41) is 0. The molecule has 0 saturated carbocycles. The molecule has 2 N–H and O–H groups in total. The molecule has 0 atom stereocenters. The van der Waals surface area contributed by atoms with Crippen molar-refractivity contribution in [3.8, 4) is 11.6 Å². The molecule has 0 fully saturated rings. The summed E-state index contributed by atoms with van der Waals surface area (Å²) in [4.78, 5) is 3.77. The molecule has 106 valence electrons. The molecule has 0 saturated heterocycles. The third kappa shape index (κ3) is 3.49. The fraction of sp³-hybridized carbons (Fsp3) is 0.154. The van der Waals surface area contributed by atoms with Crippen molar-refractivity contribution >= 4 is 15.9 Å². The minimum absolute atomic E-state index is 0.128. The summed E-state index contributed by atoms with van der Waals surface area (Å²) in [6, 6.07) is 6.81. The van der Waals surface area contributed by atoms with Crippen molar-refractivity contribution in [3.63, 3.8) is 0 Å². The fourth-order valence-corrected chi connectivity index (χ4v) is 1.97. The summed E-state index contributed by atoms with van der Waals surface area (Å²) < 4.78 is 44.0. The fourth-order valence-electron chi connectivity index (χ4n) is 1.56. The van der Waals surface area contributed by atoms with Crippen LogP contribution in [0.5, 0.6) is 11.6 Å². The zero-order valence-electron chi connectivity index (χ0n) is 10.1. The van der Waals surface area contributed by atoms with E-state index in [4.69, 9.17) is 10.5 Å². The maximum absolute atomic E-state index is 12.6. The largest absolute Gasteiger partial charge is 0.439 e. The lowest BCUT2D eigenvalue weighted by Crippen LogP contribution is -2.05. The number of nitrogens with zero attached hydrogens (tertiary/aromatic N) is 1. The molecule has 0 unspecified atom stereocenters. The lowest BCUT2D eigenvalue weighted by atomic mass is 10.2. The molecule has 0 aliphatic heterocycles. The van der Waals surface area contributed by atoms with Crippen LogP contribution in [0.3, 0.4) is 0 Å². The molecular formula is C13H10BrF3N2O. The highest BCUT2D eigenvalue weighted by Gasteiger charge is 2.31. The number of hydrogen-bond donors (Lipinski definition) is 1. The van der Waals surface area contributed by atoms with Crippen molar-refractivity contribution in [3.05, 3.63) is 52.1 Å². The van der Waals surface area contributed by atoms with Gasteiger partial charge in [0, 0.05) is 28.8 Å². The summed E-state index contributed by atoms with van der Waals surface area (Å²) in [5.74, 6) is 0.249. The van der Waals surface area contributed by atoms with Crippen molar-refractivity contribution < 1.29 is 17.9 Å². The molecule has 0 amide bonds. The van der Waals surface area contributed by atoms with Crippen LogP contribution in [-0.2, 0) is 12.7 Å². The van der Waals surface area contributed by atoms with Crippen LogP contribution in [0.25, 0.3) is 0 Å². The quantitative estimate of drug-likeness (QED) is 0.909. The second-order valence-electron chi connectivity index (χ2n) is 3.94. The van der Waals surface area contributed by atoms with E-state index in [1.807, 2.05) is 0 Å². The predicted octanol–water partition coefficient (Wildman–Crippen LogP) is 4.11. The number of pyridine rings is 1. The minimum atomic E-state index is -4.43. The van der Waals surface area contributed by atoms with Crippen molar-refractivity contribution in [2.24, 2.45) is 5.73 Å². The second-order valence-corrected chi connectivity index (χ2v) is 4.85. The van der Waals surface area contributed by atoms with Gasteiger partial charge in [-0.15, -0.1) is 0 Å². The molecular weight excluding hydrogens is 337 g/mol. The number of halogens is 4. The van der Waals surface area contributed by atoms with Crippen LogP contribution >= 0.6 is 15.9 Å². The number of aromatic nitrogens is 1. The second kappa shape index (κ2) is 5.80. The number of rotatable bonds is 3. The van der Waals surface area contributed by atoms with Crippen LogP contribution in [0.4, 0.5) is 13.2 Å². The van der Waals surface area contributed by atoms with Crippen LogP contribution in [0.2, 0.25) is 0 Å². The standard InChI is InChI=1S/C13H10BrF3N2O/c14-10-1-2-11(8(5-10)7-18)20-12-6-9(3-4-19-12)13(15,16)17/h1-6H,7,18H2. The van der Waals surface area contributed by atoms with Crippen molar-refractivity contribution in [1.29, 1.82) is 0 Å². The van der Waals surface area contributed by atoms with Gasteiger partial charge in [-0.3, -0.25) is 0 Å². The summed E-state index contributed by atoms with van der Waals surface area (Å²) >= 11 is 3.28. The first-order chi connectivity index (χ1) is 9.40. The van der Waals surface area contributed by atoms with Crippen LogP contribution in [-0.4, -0.2) is 4.98 Å². The Kier molecular flexibility index (Phi) is 4.29. The van der Waals surface area contributed by atoms with Gasteiger partial charge in [0.25, 0.3) is 0 Å². The van der Waals surface area contributed by atoms with Crippen molar-refractivity contribution in [1.82, 2.24) is 4.98 Å². The summed E-state index contributed by atoms with van der Waals surface area (Å²) in [6.45, 7) is 0.202. The molecule has 7 heteroatoms. The van der Waals surface area contributed by atoms with Crippen LogP contribution in [0, 0.1) is 0 Å². The first kappa shape index (κ1) is 14.8. The first-order valence-electron chi connectivity index (χ1n) is 5.60. The lowest BCUT2D eigenvalue weighted by molar-refractivity contribution is -0.137. The Hall–Kier alpha value is -1.60. The van der Waals surface area contributed by atoms with E-state index < -0.39 is 11.7 Å². The minimum Gasteiger partial charge on any atom is -0.439 e. The Bertz CT molecular complexity index is 617. The third-order valence-corrected chi connectivity index (χ3v) is 3.01. The molecule has 2 aromatic rings. The van der Waals surface area contributed by atoms with E-state index >= 15 is 0 Å². The number of alkyl halides is 3. The van der Waals surface area contributed by atoms with Gasteiger partial charge in [0.15, 0.2) is 0 Å². The zero-order valence-corrected chi connectivity index (χ0v) is 11.7. The molecule has 0 aliphatic carbocycles. The average molecular weight is 347 g/mol. The van der Waals surface area contributed by atoms with Gasteiger partial charge in [-0.25, -0.2) is 4.98 Å². The van der Waals surface area contributed by atoms with Gasteiger partial charge < -0.3 is 10.5 Å². The molecule has 1 heterocycles. The van der Waals surface area contributed by atoms with Crippen molar-refractivity contribution in [2.45, 2.75) is 12.7 Å². The van der Waals surface area contributed by atoms with E-state index in [0.29, 0.717) is 11.3 Å². The highest BCUT2D eigenvalue weighted by Crippen LogP contribution is 2.32. The maximum Gasteiger partial charge on any atom is 0.416 e. The van der Waals surface area contributed by atoms with Gasteiger partial charge in [-0.1, -0.05) is 15.9 Å². The monoisotopic (exact) mass is 346 g/mol. The van der Waals surface area contributed by atoms with Crippen LogP contribution in [0.15, 0.2) is 41.0 Å². The lowest BCUT2D eigenvalue weighted by Gasteiger charge is -2.11. The number of ether oxygens (including phenoxy) is 1. The molecule has 0 aliphatic rings. The smallest absolute Gasteiger partial charge is 0.416 e. The van der Waals surface area contributed by atoms with Gasteiger partial charge in [-0.2, -0.15) is 13.2 Å². The first-order valence-corrected chi connectivity index (χ1v) is 6.39. The Morgan fingerprint density at radius 1 is 1.20 bits per heavy atom. The third-order valence-electron chi connectivity index (χ3n) is 2.52. The molecule has 0 radical (unpaired) electrons. The van der Waals surface area contributed by atoms with Gasteiger partial charge >= 0.3 is 6.18 Å². The van der Waals surface area contributed by atoms with E-state index in [-0.39, 0.29) is 12.4 Å². The van der Waals surface area contributed by atoms with Gasteiger partial charge in [0.05, 0.1) is 5.56 Å². The number of hydrogen-bond acceptors (Lipinski definition) is 3. The van der Waals surface area contributed by atoms with Gasteiger partial charge in [0.1, 0.15) is 5.75 Å².